The first-order chi connectivity index (χ1) is 14.2. The van der Waals surface area contributed by atoms with Crippen molar-refractivity contribution in [3.05, 3.63) is 71.3 Å². The molecule has 9 heteroatoms. The molecule has 1 aliphatic heterocycles. The number of carbonyl (C=O) groups is 3. The summed E-state index contributed by atoms with van der Waals surface area (Å²) < 4.78 is 43.3. The molecule has 3 amide bonds. The molecule has 0 bridgehead atoms. The number of nitrogens with zero attached hydrogens (tertiary/aromatic N) is 1. The van der Waals surface area contributed by atoms with E-state index < -0.39 is 48.3 Å². The molecule has 6 nitrogen and oxygen atoms in total. The first-order valence-corrected chi connectivity index (χ1v) is 9.19. The van der Waals surface area contributed by atoms with Gasteiger partial charge in [0, 0.05) is 0 Å². The lowest BCUT2D eigenvalue weighted by Gasteiger charge is -2.25. The van der Waals surface area contributed by atoms with E-state index in [0.717, 1.165) is 17.0 Å². The summed E-state index contributed by atoms with van der Waals surface area (Å²) in [6, 6.07) is 12.3. The van der Waals surface area contributed by atoms with Crippen LogP contribution in [0.1, 0.15) is 30.0 Å². The van der Waals surface area contributed by atoms with Gasteiger partial charge in [0.15, 0.2) is 0 Å². The van der Waals surface area contributed by atoms with Crippen molar-refractivity contribution in [2.75, 3.05) is 6.54 Å². The van der Waals surface area contributed by atoms with E-state index in [9.17, 15) is 27.6 Å². The van der Waals surface area contributed by atoms with Crippen LogP contribution in [0.25, 0.3) is 0 Å². The van der Waals surface area contributed by atoms with E-state index in [-0.39, 0.29) is 12.0 Å². The van der Waals surface area contributed by atoms with E-state index in [4.69, 9.17) is 4.74 Å². The quantitative estimate of drug-likeness (QED) is 0.572. The second-order valence-electron chi connectivity index (χ2n) is 6.81. The number of carbonyl (C=O) groups excluding carboxylic acids is 3. The molecule has 0 aliphatic carbocycles. The third-order valence-corrected chi connectivity index (χ3v) is 4.91. The fraction of sp³-hybridized carbons (Fsp3) is 0.286. The number of alkyl halides is 3. The van der Waals surface area contributed by atoms with Gasteiger partial charge in [-0.25, -0.2) is 4.79 Å². The minimum atomic E-state index is -4.51. The second kappa shape index (κ2) is 8.17. The topological polar surface area (TPSA) is 75.7 Å². The van der Waals surface area contributed by atoms with Crippen LogP contribution in [0.3, 0.4) is 0 Å². The highest BCUT2D eigenvalue weighted by molar-refractivity contribution is 6.09. The number of esters is 1. The number of ether oxygens (including phenoxy) is 1. The van der Waals surface area contributed by atoms with Gasteiger partial charge in [0.1, 0.15) is 18.7 Å². The van der Waals surface area contributed by atoms with Gasteiger partial charge in [0.25, 0.3) is 5.91 Å². The minimum Gasteiger partial charge on any atom is -0.459 e. The molecule has 3 rings (SSSR count). The summed E-state index contributed by atoms with van der Waals surface area (Å²) in [5, 5.41) is 2.64. The number of hydrogen-bond donors (Lipinski definition) is 1. The Bertz CT molecular complexity index is 962. The number of urea groups is 1. The van der Waals surface area contributed by atoms with Crippen molar-refractivity contribution in [2.24, 2.45) is 0 Å². The van der Waals surface area contributed by atoms with Gasteiger partial charge in [-0.3, -0.25) is 14.5 Å². The maximum Gasteiger partial charge on any atom is 0.416 e. The summed E-state index contributed by atoms with van der Waals surface area (Å²) in [6.07, 6.45) is -4.24. The molecular weight excluding hydrogens is 401 g/mol. The molecule has 1 unspecified atom stereocenters. The van der Waals surface area contributed by atoms with E-state index in [2.05, 4.69) is 5.32 Å². The molecule has 2 aromatic carbocycles. The average Bonchev–Trinajstić information content (AvgIpc) is 2.97. The molecule has 1 saturated heterocycles. The summed E-state index contributed by atoms with van der Waals surface area (Å²) in [5.74, 6) is -1.49. The van der Waals surface area contributed by atoms with Crippen LogP contribution < -0.4 is 5.32 Å². The third kappa shape index (κ3) is 4.14. The van der Waals surface area contributed by atoms with Gasteiger partial charge in [-0.05, 0) is 29.7 Å². The Kier molecular flexibility index (Phi) is 5.82. The molecule has 158 valence electrons. The van der Waals surface area contributed by atoms with Crippen LogP contribution in [-0.4, -0.2) is 29.4 Å². The first kappa shape index (κ1) is 21.4. The predicted octanol–water partition coefficient (Wildman–Crippen LogP) is 3.61. The lowest BCUT2D eigenvalue weighted by molar-refractivity contribution is -0.149. The van der Waals surface area contributed by atoms with Crippen molar-refractivity contribution in [1.29, 1.82) is 0 Å². The Morgan fingerprint density at radius 2 is 1.80 bits per heavy atom. The molecule has 1 fully saturated rings. The molecule has 1 N–H and O–H groups in total. The number of benzene rings is 2. The highest BCUT2D eigenvalue weighted by Crippen LogP contribution is 2.32. The Labute approximate surface area is 170 Å². The van der Waals surface area contributed by atoms with Crippen LogP contribution in [0.2, 0.25) is 0 Å². The standard InChI is InChI=1S/C21H19F3N2O4/c1-2-20(15-8-4-3-5-9-15)18(28)26(19(29)25-20)12-17(27)30-13-14-7-6-10-16(11-14)21(22,23)24/h3-11H,2,12-13H2,1H3,(H,25,29). The van der Waals surface area contributed by atoms with Crippen LogP contribution in [-0.2, 0) is 32.6 Å². The van der Waals surface area contributed by atoms with Crippen LogP contribution in [0.15, 0.2) is 54.6 Å². The first-order valence-electron chi connectivity index (χ1n) is 9.19. The van der Waals surface area contributed by atoms with Crippen LogP contribution >= 0.6 is 0 Å². The van der Waals surface area contributed by atoms with Crippen molar-refractivity contribution in [3.8, 4) is 0 Å². The molecule has 2 aromatic rings. The third-order valence-electron chi connectivity index (χ3n) is 4.91. The lowest BCUT2D eigenvalue weighted by atomic mass is 9.87. The van der Waals surface area contributed by atoms with Gasteiger partial charge < -0.3 is 10.1 Å². The highest BCUT2D eigenvalue weighted by Gasteiger charge is 2.51. The molecule has 30 heavy (non-hydrogen) atoms. The molecule has 0 radical (unpaired) electrons. The summed E-state index contributed by atoms with van der Waals surface area (Å²) in [5.41, 5.74) is -1.41. The number of rotatable bonds is 6. The maximum atomic E-state index is 12.9. The van der Waals surface area contributed by atoms with Crippen molar-refractivity contribution in [1.82, 2.24) is 10.2 Å². The minimum absolute atomic E-state index is 0.141. The summed E-state index contributed by atoms with van der Waals surface area (Å²) >= 11 is 0. The van der Waals surface area contributed by atoms with Gasteiger partial charge in [-0.15, -0.1) is 0 Å². The van der Waals surface area contributed by atoms with E-state index in [1.165, 1.54) is 12.1 Å². The van der Waals surface area contributed by atoms with Crippen molar-refractivity contribution in [2.45, 2.75) is 31.7 Å². The fourth-order valence-corrected chi connectivity index (χ4v) is 3.31. The SMILES string of the molecule is CCC1(c2ccccc2)NC(=O)N(CC(=O)OCc2cccc(C(F)(F)F)c2)C1=O. The summed E-state index contributed by atoms with van der Waals surface area (Å²) in [7, 11) is 0. The lowest BCUT2D eigenvalue weighted by Crippen LogP contribution is -2.43. The zero-order chi connectivity index (χ0) is 21.9. The molecular formula is C21H19F3N2O4. The normalized spacial score (nSPS) is 19.0. The fourth-order valence-electron chi connectivity index (χ4n) is 3.31. The monoisotopic (exact) mass is 420 g/mol. The van der Waals surface area contributed by atoms with Gasteiger partial charge in [0.2, 0.25) is 0 Å². The summed E-state index contributed by atoms with van der Waals surface area (Å²) in [6.45, 7) is 0.683. The molecule has 1 atom stereocenters. The highest BCUT2D eigenvalue weighted by atomic mass is 19.4. The smallest absolute Gasteiger partial charge is 0.416 e. The summed E-state index contributed by atoms with van der Waals surface area (Å²) in [4.78, 5) is 38.2. The molecule has 0 aromatic heterocycles. The van der Waals surface area contributed by atoms with Crippen LogP contribution in [0, 0.1) is 0 Å². The predicted molar refractivity (Wildman–Crippen MR) is 99.9 cm³/mol. The Morgan fingerprint density at radius 3 is 2.43 bits per heavy atom. The number of hydrogen-bond acceptors (Lipinski definition) is 4. The zero-order valence-electron chi connectivity index (χ0n) is 16.0. The molecule has 1 heterocycles. The Hall–Kier alpha value is -3.36. The van der Waals surface area contributed by atoms with Gasteiger partial charge in [-0.1, -0.05) is 49.4 Å². The van der Waals surface area contributed by atoms with E-state index in [1.54, 1.807) is 37.3 Å². The number of nitrogens with one attached hydrogen (secondary N) is 1. The zero-order valence-corrected chi connectivity index (χ0v) is 16.0. The number of imide groups is 1. The van der Waals surface area contributed by atoms with Gasteiger partial charge >= 0.3 is 18.2 Å². The van der Waals surface area contributed by atoms with Crippen LogP contribution in [0.4, 0.5) is 18.0 Å². The maximum absolute atomic E-state index is 12.9. The number of amides is 3. The Balaban J connectivity index is 1.67. The number of halogens is 3. The second-order valence-corrected chi connectivity index (χ2v) is 6.81. The van der Waals surface area contributed by atoms with E-state index in [1.807, 2.05) is 0 Å². The largest absolute Gasteiger partial charge is 0.459 e. The van der Waals surface area contributed by atoms with Crippen molar-refractivity contribution >= 4 is 17.9 Å². The van der Waals surface area contributed by atoms with Gasteiger partial charge in [0.05, 0.1) is 5.56 Å². The average molecular weight is 420 g/mol. The Morgan fingerprint density at radius 1 is 1.10 bits per heavy atom. The van der Waals surface area contributed by atoms with Crippen molar-refractivity contribution in [3.63, 3.8) is 0 Å². The van der Waals surface area contributed by atoms with Gasteiger partial charge in [-0.2, -0.15) is 13.2 Å². The molecule has 1 aliphatic rings. The molecule has 0 saturated carbocycles. The van der Waals surface area contributed by atoms with E-state index in [0.29, 0.717) is 5.56 Å². The van der Waals surface area contributed by atoms with E-state index >= 15 is 0 Å². The van der Waals surface area contributed by atoms with Crippen molar-refractivity contribution < 1.29 is 32.3 Å². The van der Waals surface area contributed by atoms with Crippen LogP contribution in [0.5, 0.6) is 0 Å². The molecule has 0 spiro atoms.